The number of benzene rings is 1. The van der Waals surface area contributed by atoms with Gasteiger partial charge in [0.1, 0.15) is 11.6 Å². The maximum atomic E-state index is 14.1. The van der Waals surface area contributed by atoms with Crippen LogP contribution < -0.4 is 5.32 Å². The van der Waals surface area contributed by atoms with Crippen LogP contribution in [0.25, 0.3) is 0 Å². The lowest BCUT2D eigenvalue weighted by Crippen LogP contribution is -2.18. The molecule has 1 heterocycles. The van der Waals surface area contributed by atoms with E-state index in [4.69, 9.17) is 16.0 Å². The molecule has 1 aromatic carbocycles. The van der Waals surface area contributed by atoms with Crippen LogP contribution >= 0.6 is 11.6 Å². The van der Waals surface area contributed by atoms with Gasteiger partial charge in [-0.1, -0.05) is 23.7 Å². The van der Waals surface area contributed by atoms with Gasteiger partial charge in [-0.05, 0) is 25.2 Å². The zero-order valence-corrected chi connectivity index (χ0v) is 11.7. The van der Waals surface area contributed by atoms with Gasteiger partial charge in [0.15, 0.2) is 0 Å². The van der Waals surface area contributed by atoms with Crippen molar-refractivity contribution in [3.8, 4) is 0 Å². The molecule has 2 aromatic rings. The third-order valence-electron chi connectivity index (χ3n) is 2.88. The van der Waals surface area contributed by atoms with Crippen LogP contribution in [0.4, 0.5) is 4.39 Å². The molecule has 0 radical (unpaired) electrons. The second kappa shape index (κ2) is 6.07. The summed E-state index contributed by atoms with van der Waals surface area (Å²) in [6.07, 6.45) is 0. The topological polar surface area (TPSA) is 51.5 Å². The first-order valence-electron chi connectivity index (χ1n) is 5.87. The maximum Gasteiger partial charge on any atom is 0.373 e. The molecular formula is C14H13ClFNO3. The van der Waals surface area contributed by atoms with E-state index in [2.05, 4.69) is 10.1 Å². The normalized spacial score (nSPS) is 12.2. The number of rotatable bonds is 4. The highest BCUT2D eigenvalue weighted by atomic mass is 35.5. The summed E-state index contributed by atoms with van der Waals surface area (Å²) < 4.78 is 24.0. The molecule has 0 saturated heterocycles. The van der Waals surface area contributed by atoms with Gasteiger partial charge in [0, 0.05) is 5.56 Å². The fourth-order valence-electron chi connectivity index (χ4n) is 1.91. The number of carbonyl (C=O) groups excluding carboxylic acids is 1. The molecule has 6 heteroatoms. The van der Waals surface area contributed by atoms with Gasteiger partial charge in [0.25, 0.3) is 0 Å². The molecule has 0 spiro atoms. The first-order chi connectivity index (χ1) is 9.58. The second-order valence-corrected chi connectivity index (χ2v) is 4.47. The quantitative estimate of drug-likeness (QED) is 0.881. The van der Waals surface area contributed by atoms with E-state index in [0.717, 1.165) is 0 Å². The van der Waals surface area contributed by atoms with E-state index in [1.165, 1.54) is 19.2 Å². The summed E-state index contributed by atoms with van der Waals surface area (Å²) in [5.41, 5.74) is 0.339. The molecule has 0 aliphatic rings. The summed E-state index contributed by atoms with van der Waals surface area (Å²) in [4.78, 5) is 11.4. The summed E-state index contributed by atoms with van der Waals surface area (Å²) in [5, 5.41) is 2.96. The zero-order chi connectivity index (χ0) is 14.7. The molecule has 0 fully saturated rings. The lowest BCUT2D eigenvalue weighted by Gasteiger charge is -2.15. The van der Waals surface area contributed by atoms with Gasteiger partial charge in [-0.15, -0.1) is 0 Å². The van der Waals surface area contributed by atoms with E-state index >= 15 is 0 Å². The Morgan fingerprint density at radius 1 is 1.40 bits per heavy atom. The van der Waals surface area contributed by atoms with Crippen LogP contribution in [0.5, 0.6) is 0 Å². The number of halogens is 2. The number of hydrogen-bond acceptors (Lipinski definition) is 4. The fraction of sp³-hybridized carbons (Fsp3) is 0.214. The van der Waals surface area contributed by atoms with E-state index in [-0.39, 0.29) is 10.8 Å². The van der Waals surface area contributed by atoms with Crippen LogP contribution in [-0.4, -0.2) is 20.1 Å². The summed E-state index contributed by atoms with van der Waals surface area (Å²) in [6.45, 7) is 0. The highest BCUT2D eigenvalue weighted by molar-refractivity contribution is 6.30. The minimum atomic E-state index is -0.585. The summed E-state index contributed by atoms with van der Waals surface area (Å²) in [7, 11) is 2.92. The molecule has 0 aliphatic carbocycles. The van der Waals surface area contributed by atoms with Crippen LogP contribution in [0.3, 0.4) is 0 Å². The standard InChI is InChI=1S/C14H13ClFNO3/c1-17-13(8-4-3-5-9(15)12(8)16)10-6-7-11(20-10)14(18)19-2/h3-7,13,17H,1-2H3. The van der Waals surface area contributed by atoms with E-state index < -0.39 is 17.8 Å². The molecule has 0 aliphatic heterocycles. The lowest BCUT2D eigenvalue weighted by molar-refractivity contribution is 0.0562. The molecule has 106 valence electrons. The van der Waals surface area contributed by atoms with Crippen molar-refractivity contribution in [3.63, 3.8) is 0 Å². The summed E-state index contributed by atoms with van der Waals surface area (Å²) in [5.74, 6) is -0.651. The highest BCUT2D eigenvalue weighted by Crippen LogP contribution is 2.29. The molecule has 1 N–H and O–H groups in total. The summed E-state index contributed by atoms with van der Waals surface area (Å²) in [6, 6.07) is 7.24. The Labute approximate surface area is 120 Å². The van der Waals surface area contributed by atoms with E-state index in [1.807, 2.05) is 0 Å². The van der Waals surface area contributed by atoms with Gasteiger partial charge in [0.05, 0.1) is 18.2 Å². The molecular weight excluding hydrogens is 285 g/mol. The molecule has 4 nitrogen and oxygen atoms in total. The molecule has 0 amide bonds. The van der Waals surface area contributed by atoms with Crippen molar-refractivity contribution in [1.29, 1.82) is 0 Å². The number of carbonyl (C=O) groups is 1. The van der Waals surface area contributed by atoms with Crippen LogP contribution in [-0.2, 0) is 4.74 Å². The van der Waals surface area contributed by atoms with Crippen molar-refractivity contribution in [1.82, 2.24) is 5.32 Å². The third kappa shape index (κ3) is 2.69. The number of methoxy groups -OCH3 is 1. The number of hydrogen-bond donors (Lipinski definition) is 1. The number of furan rings is 1. The van der Waals surface area contributed by atoms with Gasteiger partial charge < -0.3 is 14.5 Å². The average Bonchev–Trinajstić information content (AvgIpc) is 2.93. The Morgan fingerprint density at radius 3 is 2.80 bits per heavy atom. The van der Waals surface area contributed by atoms with Crippen molar-refractivity contribution >= 4 is 17.6 Å². The molecule has 20 heavy (non-hydrogen) atoms. The van der Waals surface area contributed by atoms with Crippen LogP contribution in [0.15, 0.2) is 34.7 Å². The molecule has 0 bridgehead atoms. The van der Waals surface area contributed by atoms with E-state index in [1.54, 1.807) is 25.2 Å². The van der Waals surface area contributed by atoms with Crippen molar-refractivity contribution in [2.45, 2.75) is 6.04 Å². The van der Waals surface area contributed by atoms with Crippen LogP contribution in [0.1, 0.15) is 27.9 Å². The molecule has 1 unspecified atom stereocenters. The van der Waals surface area contributed by atoms with Crippen molar-refractivity contribution in [2.24, 2.45) is 0 Å². The second-order valence-electron chi connectivity index (χ2n) is 4.06. The van der Waals surface area contributed by atoms with E-state index in [0.29, 0.717) is 11.3 Å². The Kier molecular flexibility index (Phi) is 4.42. The zero-order valence-electron chi connectivity index (χ0n) is 10.9. The van der Waals surface area contributed by atoms with Crippen LogP contribution in [0, 0.1) is 5.82 Å². The first-order valence-corrected chi connectivity index (χ1v) is 6.25. The van der Waals surface area contributed by atoms with Crippen LogP contribution in [0.2, 0.25) is 5.02 Å². The third-order valence-corrected chi connectivity index (χ3v) is 3.17. The SMILES string of the molecule is CNC(c1ccc(C(=O)OC)o1)c1cccc(Cl)c1F. The molecule has 1 atom stereocenters. The number of esters is 1. The Hall–Kier alpha value is -1.85. The van der Waals surface area contributed by atoms with E-state index in [9.17, 15) is 9.18 Å². The van der Waals surface area contributed by atoms with Crippen molar-refractivity contribution < 1.29 is 18.3 Å². The monoisotopic (exact) mass is 297 g/mol. The minimum absolute atomic E-state index is 0.0301. The van der Waals surface area contributed by atoms with Crippen molar-refractivity contribution in [3.05, 3.63) is 58.3 Å². The largest absolute Gasteiger partial charge is 0.463 e. The predicted molar refractivity (Wildman–Crippen MR) is 72.4 cm³/mol. The smallest absolute Gasteiger partial charge is 0.373 e. The minimum Gasteiger partial charge on any atom is -0.463 e. The molecule has 1 aromatic heterocycles. The Balaban J connectivity index is 2.40. The lowest BCUT2D eigenvalue weighted by atomic mass is 10.0. The fourth-order valence-corrected chi connectivity index (χ4v) is 2.09. The maximum absolute atomic E-state index is 14.1. The summed E-state index contributed by atoms with van der Waals surface area (Å²) >= 11 is 5.77. The van der Waals surface area contributed by atoms with Gasteiger partial charge in [-0.3, -0.25) is 0 Å². The molecule has 2 rings (SSSR count). The first kappa shape index (κ1) is 14.6. The molecule has 0 saturated carbocycles. The van der Waals surface area contributed by atoms with Gasteiger partial charge in [0.2, 0.25) is 5.76 Å². The average molecular weight is 298 g/mol. The van der Waals surface area contributed by atoms with Gasteiger partial charge >= 0.3 is 5.97 Å². The van der Waals surface area contributed by atoms with Gasteiger partial charge in [-0.2, -0.15) is 0 Å². The number of ether oxygens (including phenoxy) is 1. The van der Waals surface area contributed by atoms with Gasteiger partial charge in [-0.25, -0.2) is 9.18 Å². The highest BCUT2D eigenvalue weighted by Gasteiger charge is 2.22. The Morgan fingerprint density at radius 2 is 2.15 bits per heavy atom. The Bertz CT molecular complexity index is 627. The predicted octanol–water partition coefficient (Wildman–Crippen LogP) is 3.17. The number of nitrogens with one attached hydrogen (secondary N) is 1. The van der Waals surface area contributed by atoms with Crippen molar-refractivity contribution in [2.75, 3.05) is 14.2 Å².